The van der Waals surface area contributed by atoms with Gasteiger partial charge in [0, 0.05) is 12.1 Å². The third-order valence-electron chi connectivity index (χ3n) is 5.33. The molecule has 0 fully saturated rings. The van der Waals surface area contributed by atoms with Gasteiger partial charge in [0.2, 0.25) is 5.91 Å². The third kappa shape index (κ3) is 8.22. The molecule has 180 valence electrons. The first-order valence-corrected chi connectivity index (χ1v) is 11.1. The quantitative estimate of drug-likeness (QED) is 0.0810. The van der Waals surface area contributed by atoms with Crippen molar-refractivity contribution < 1.29 is 33.8 Å². The lowest BCUT2D eigenvalue weighted by atomic mass is 9.78. The molecule has 0 radical (unpaired) electrons. The SMILES string of the molecule is CCB(O)ON[C@H](C(=O)NCCCC[C@H](N)C=O)C(C)NC(=O)c1ccc2c(c1)B(O)OC2. The van der Waals surface area contributed by atoms with E-state index in [1.54, 1.807) is 32.0 Å². The summed E-state index contributed by atoms with van der Waals surface area (Å²) >= 11 is 0. The number of nitrogens with one attached hydrogen (secondary N) is 3. The molecule has 1 aliphatic heterocycles. The minimum absolute atomic E-state index is 0.277. The van der Waals surface area contributed by atoms with Crippen LogP contribution in [0.1, 0.15) is 49.0 Å². The Bertz CT molecular complexity index is 817. The van der Waals surface area contributed by atoms with Crippen LogP contribution in [-0.4, -0.2) is 67.1 Å². The predicted octanol–water partition coefficient (Wildman–Crippen LogP) is -1.77. The van der Waals surface area contributed by atoms with Gasteiger partial charge in [0.05, 0.1) is 18.7 Å². The maximum Gasteiger partial charge on any atom is 0.491 e. The van der Waals surface area contributed by atoms with Gasteiger partial charge in [-0.05, 0) is 55.7 Å². The summed E-state index contributed by atoms with van der Waals surface area (Å²) in [4.78, 5) is 36.1. The molecule has 11 nitrogen and oxygen atoms in total. The molecular formula is C20H32B2N4O7. The van der Waals surface area contributed by atoms with Gasteiger partial charge in [-0.25, -0.2) is 5.48 Å². The summed E-state index contributed by atoms with van der Waals surface area (Å²) in [7, 11) is -2.19. The summed E-state index contributed by atoms with van der Waals surface area (Å²) in [6.07, 6.45) is 2.81. The minimum Gasteiger partial charge on any atom is -0.426 e. The number of amides is 2. The first-order chi connectivity index (χ1) is 15.8. The molecule has 1 unspecified atom stereocenters. The van der Waals surface area contributed by atoms with Crippen LogP contribution in [0.3, 0.4) is 0 Å². The third-order valence-corrected chi connectivity index (χ3v) is 5.33. The van der Waals surface area contributed by atoms with Gasteiger partial charge in [0.15, 0.2) is 0 Å². The van der Waals surface area contributed by atoms with Crippen LogP contribution in [0.4, 0.5) is 0 Å². The maximum absolute atomic E-state index is 12.8. The molecule has 0 aliphatic carbocycles. The van der Waals surface area contributed by atoms with Crippen molar-refractivity contribution in [2.75, 3.05) is 6.54 Å². The topological polar surface area (TPSA) is 172 Å². The van der Waals surface area contributed by atoms with Crippen LogP contribution in [0.5, 0.6) is 0 Å². The Morgan fingerprint density at radius 1 is 1.39 bits per heavy atom. The first kappa shape index (κ1) is 27.0. The van der Waals surface area contributed by atoms with Gasteiger partial charge >= 0.3 is 14.2 Å². The highest BCUT2D eigenvalue weighted by atomic mass is 16.7. The van der Waals surface area contributed by atoms with Gasteiger partial charge in [-0.15, -0.1) is 0 Å². The van der Waals surface area contributed by atoms with Crippen LogP contribution >= 0.6 is 0 Å². The van der Waals surface area contributed by atoms with Crippen molar-refractivity contribution >= 4 is 37.8 Å². The Hall–Kier alpha value is -2.28. The normalized spacial score (nSPS) is 15.4. The Labute approximate surface area is 194 Å². The van der Waals surface area contributed by atoms with Gasteiger partial charge in [0.1, 0.15) is 12.3 Å². The second-order valence-corrected chi connectivity index (χ2v) is 8.00. The molecule has 0 bridgehead atoms. The van der Waals surface area contributed by atoms with Gasteiger partial charge in [-0.1, -0.05) is 13.0 Å². The Kier molecular flexibility index (Phi) is 11.0. The van der Waals surface area contributed by atoms with Gasteiger partial charge in [-0.2, -0.15) is 0 Å². The maximum atomic E-state index is 12.8. The molecule has 1 aromatic carbocycles. The fourth-order valence-electron chi connectivity index (χ4n) is 3.24. The molecule has 0 saturated carbocycles. The highest BCUT2D eigenvalue weighted by molar-refractivity contribution is 6.61. The Balaban J connectivity index is 1.96. The number of rotatable bonds is 14. The molecule has 1 aliphatic rings. The number of hydroxylamine groups is 1. The molecule has 0 spiro atoms. The molecule has 1 heterocycles. The molecule has 0 aromatic heterocycles. The monoisotopic (exact) mass is 462 g/mol. The summed E-state index contributed by atoms with van der Waals surface area (Å²) in [6, 6.07) is 2.67. The van der Waals surface area contributed by atoms with E-state index < -0.39 is 44.2 Å². The number of unbranched alkanes of at least 4 members (excludes halogenated alkanes) is 1. The highest BCUT2D eigenvalue weighted by Crippen LogP contribution is 2.12. The average Bonchev–Trinajstić information content (AvgIpc) is 3.18. The smallest absolute Gasteiger partial charge is 0.426 e. The van der Waals surface area contributed by atoms with Crippen molar-refractivity contribution in [3.8, 4) is 0 Å². The fraction of sp³-hybridized carbons (Fsp3) is 0.550. The molecule has 3 atom stereocenters. The van der Waals surface area contributed by atoms with Crippen LogP contribution in [0.2, 0.25) is 6.32 Å². The Morgan fingerprint density at radius 2 is 2.15 bits per heavy atom. The van der Waals surface area contributed by atoms with Crippen LogP contribution < -0.4 is 27.3 Å². The summed E-state index contributed by atoms with van der Waals surface area (Å²) in [5, 5.41) is 25.1. The predicted molar refractivity (Wildman–Crippen MR) is 123 cm³/mol. The standard InChI is InChI=1S/C20H32B2N4O7/c1-3-21(30)33-26-18(20(29)24-9-5-4-6-16(23)11-27)13(2)25-19(28)14-7-8-15-12-32-22(31)17(15)10-14/h7-8,10-11,13,16,18,26,30-31H,3-6,9,12,23H2,1-2H3,(H,24,29)(H,25,28)/t13?,16-,18-/m0/s1. The van der Waals surface area contributed by atoms with Crippen LogP contribution in [0, 0.1) is 0 Å². The average molecular weight is 462 g/mol. The molecule has 1 aromatic rings. The summed E-state index contributed by atoms with van der Waals surface area (Å²) in [5.41, 5.74) is 9.74. The molecule has 33 heavy (non-hydrogen) atoms. The number of hydrogen-bond acceptors (Lipinski definition) is 9. The number of carbonyl (C=O) groups excluding carboxylic acids is 3. The zero-order valence-corrected chi connectivity index (χ0v) is 19.0. The van der Waals surface area contributed by atoms with Crippen molar-refractivity contribution in [3.05, 3.63) is 29.3 Å². The lowest BCUT2D eigenvalue weighted by molar-refractivity contribution is -0.126. The highest BCUT2D eigenvalue weighted by Gasteiger charge is 2.30. The minimum atomic E-state index is -1.12. The molecular weight excluding hydrogens is 430 g/mol. The number of hydrogen-bond donors (Lipinski definition) is 6. The van der Waals surface area contributed by atoms with Crippen LogP contribution in [0.25, 0.3) is 0 Å². The second kappa shape index (κ2) is 13.4. The fourth-order valence-corrected chi connectivity index (χ4v) is 3.24. The van der Waals surface area contributed by atoms with E-state index in [-0.39, 0.29) is 6.61 Å². The van der Waals surface area contributed by atoms with Crippen LogP contribution in [-0.2, 0) is 25.6 Å². The van der Waals surface area contributed by atoms with E-state index in [0.717, 1.165) is 5.56 Å². The van der Waals surface area contributed by atoms with Gasteiger partial charge in [-0.3, -0.25) is 9.59 Å². The van der Waals surface area contributed by atoms with E-state index in [1.807, 2.05) is 0 Å². The number of fused-ring (bicyclic) bond motifs is 1. The van der Waals surface area contributed by atoms with Crippen molar-refractivity contribution in [1.29, 1.82) is 0 Å². The zero-order chi connectivity index (χ0) is 24.4. The van der Waals surface area contributed by atoms with Gasteiger partial charge in [0.25, 0.3) is 5.91 Å². The largest absolute Gasteiger partial charge is 0.491 e. The van der Waals surface area contributed by atoms with Crippen molar-refractivity contribution in [2.45, 2.75) is 64.2 Å². The lowest BCUT2D eigenvalue weighted by Crippen LogP contribution is -2.57. The van der Waals surface area contributed by atoms with E-state index in [9.17, 15) is 24.4 Å². The van der Waals surface area contributed by atoms with E-state index in [1.165, 1.54) is 0 Å². The number of benzene rings is 1. The first-order valence-electron chi connectivity index (χ1n) is 11.1. The van der Waals surface area contributed by atoms with Gasteiger partial charge < -0.3 is 40.6 Å². The summed E-state index contributed by atoms with van der Waals surface area (Å²) in [5.74, 6) is -0.869. The number of nitrogens with two attached hydrogens (primary N) is 1. The van der Waals surface area contributed by atoms with Crippen molar-refractivity contribution in [3.63, 3.8) is 0 Å². The van der Waals surface area contributed by atoms with E-state index in [4.69, 9.17) is 15.1 Å². The molecule has 0 saturated heterocycles. The number of carbonyl (C=O) groups is 3. The molecule has 2 amide bonds. The Morgan fingerprint density at radius 3 is 2.85 bits per heavy atom. The molecule has 2 rings (SSSR count). The van der Waals surface area contributed by atoms with E-state index in [0.29, 0.717) is 49.4 Å². The van der Waals surface area contributed by atoms with E-state index >= 15 is 0 Å². The molecule has 13 heteroatoms. The van der Waals surface area contributed by atoms with E-state index in [2.05, 4.69) is 16.1 Å². The van der Waals surface area contributed by atoms with Crippen molar-refractivity contribution in [1.82, 2.24) is 16.1 Å². The van der Waals surface area contributed by atoms with Crippen molar-refractivity contribution in [2.24, 2.45) is 5.73 Å². The second-order valence-electron chi connectivity index (χ2n) is 8.00. The zero-order valence-electron chi connectivity index (χ0n) is 19.0. The summed E-state index contributed by atoms with van der Waals surface area (Å²) in [6.45, 7) is 3.97. The summed E-state index contributed by atoms with van der Waals surface area (Å²) < 4.78 is 10.3. The van der Waals surface area contributed by atoms with Crippen LogP contribution in [0.15, 0.2) is 18.2 Å². The molecule has 7 N–H and O–H groups in total. The lowest BCUT2D eigenvalue weighted by Gasteiger charge is -2.25. The number of aldehydes is 1.